The van der Waals surface area contributed by atoms with Crippen LogP contribution in [0.2, 0.25) is 0 Å². The molecule has 0 saturated carbocycles. The van der Waals surface area contributed by atoms with Crippen molar-refractivity contribution in [1.29, 1.82) is 0 Å². The van der Waals surface area contributed by atoms with E-state index in [9.17, 15) is 9.59 Å². The van der Waals surface area contributed by atoms with Crippen molar-refractivity contribution in [3.8, 4) is 5.75 Å². The van der Waals surface area contributed by atoms with Gasteiger partial charge in [-0.05, 0) is 30.4 Å². The van der Waals surface area contributed by atoms with Crippen LogP contribution in [0, 0.1) is 0 Å². The number of likely N-dealkylation sites (tertiary alicyclic amines) is 1. The van der Waals surface area contributed by atoms with Crippen molar-refractivity contribution in [1.82, 2.24) is 4.90 Å². The van der Waals surface area contributed by atoms with Crippen LogP contribution in [0.4, 0.5) is 0 Å². The highest BCUT2D eigenvalue weighted by molar-refractivity contribution is 5.85. The number of ether oxygens (including phenoxy) is 1. The molecule has 0 aromatic heterocycles. The van der Waals surface area contributed by atoms with Gasteiger partial charge in [0.2, 0.25) is 0 Å². The van der Waals surface area contributed by atoms with Crippen LogP contribution >= 0.6 is 0 Å². The molecular formula is C16H21NO4. The summed E-state index contributed by atoms with van der Waals surface area (Å²) in [7, 11) is 0. The molecule has 1 aromatic rings. The Kier molecular flexibility index (Phi) is 4.83. The van der Waals surface area contributed by atoms with Gasteiger partial charge in [0.05, 0.1) is 0 Å². The molecule has 0 radical (unpaired) electrons. The zero-order chi connectivity index (χ0) is 15.4. The third-order valence-corrected chi connectivity index (χ3v) is 3.75. The summed E-state index contributed by atoms with van der Waals surface area (Å²) in [5.74, 6) is -0.219. The summed E-state index contributed by atoms with van der Waals surface area (Å²) in [5.41, 5.74) is 1.04. The molecule has 1 aliphatic rings. The second-order valence-corrected chi connectivity index (χ2v) is 5.56. The minimum atomic E-state index is -0.941. The molecule has 1 amide bonds. The van der Waals surface area contributed by atoms with E-state index in [1.54, 1.807) is 0 Å². The van der Waals surface area contributed by atoms with Crippen LogP contribution in [0.1, 0.15) is 38.2 Å². The molecule has 0 spiro atoms. The van der Waals surface area contributed by atoms with Gasteiger partial charge >= 0.3 is 5.97 Å². The molecule has 1 saturated heterocycles. The van der Waals surface area contributed by atoms with Crippen LogP contribution in [0.5, 0.6) is 5.75 Å². The minimum absolute atomic E-state index is 0.118. The molecule has 1 aromatic carbocycles. The zero-order valence-electron chi connectivity index (χ0n) is 12.4. The van der Waals surface area contributed by atoms with E-state index < -0.39 is 12.0 Å². The summed E-state index contributed by atoms with van der Waals surface area (Å²) >= 11 is 0. The molecular weight excluding hydrogens is 270 g/mol. The van der Waals surface area contributed by atoms with Crippen LogP contribution in [0.25, 0.3) is 0 Å². The maximum absolute atomic E-state index is 12.2. The van der Waals surface area contributed by atoms with Crippen LogP contribution in [-0.4, -0.2) is 41.1 Å². The number of hydrogen-bond acceptors (Lipinski definition) is 3. The Morgan fingerprint density at radius 1 is 1.38 bits per heavy atom. The number of aliphatic carboxylic acids is 1. The predicted molar refractivity (Wildman–Crippen MR) is 78.4 cm³/mol. The van der Waals surface area contributed by atoms with Crippen molar-refractivity contribution < 1.29 is 19.4 Å². The summed E-state index contributed by atoms with van der Waals surface area (Å²) in [4.78, 5) is 24.7. The molecule has 0 bridgehead atoms. The van der Waals surface area contributed by atoms with Gasteiger partial charge in [-0.1, -0.05) is 32.0 Å². The largest absolute Gasteiger partial charge is 0.483 e. The average molecular weight is 291 g/mol. The molecule has 21 heavy (non-hydrogen) atoms. The van der Waals surface area contributed by atoms with Gasteiger partial charge in [-0.25, -0.2) is 4.79 Å². The van der Waals surface area contributed by atoms with Gasteiger partial charge in [0.25, 0.3) is 5.91 Å². The van der Waals surface area contributed by atoms with Crippen LogP contribution in [-0.2, 0) is 9.59 Å². The topological polar surface area (TPSA) is 66.8 Å². The van der Waals surface area contributed by atoms with Gasteiger partial charge in [-0.3, -0.25) is 4.79 Å². The average Bonchev–Trinajstić information content (AvgIpc) is 2.94. The number of rotatable bonds is 5. The molecule has 1 N–H and O–H groups in total. The Labute approximate surface area is 124 Å². The molecule has 1 heterocycles. The summed E-state index contributed by atoms with van der Waals surface area (Å²) in [6, 6.07) is 6.90. The fourth-order valence-corrected chi connectivity index (χ4v) is 2.63. The summed E-state index contributed by atoms with van der Waals surface area (Å²) < 4.78 is 5.62. The Bertz CT molecular complexity index is 527. The number of amides is 1. The zero-order valence-corrected chi connectivity index (χ0v) is 12.4. The Balaban J connectivity index is 2.00. The van der Waals surface area contributed by atoms with Gasteiger partial charge in [0.1, 0.15) is 11.8 Å². The van der Waals surface area contributed by atoms with Crippen LogP contribution in [0.15, 0.2) is 24.3 Å². The fourth-order valence-electron chi connectivity index (χ4n) is 2.63. The number of carboxylic acids is 1. The lowest BCUT2D eigenvalue weighted by atomic mass is 10.0. The Morgan fingerprint density at radius 3 is 2.76 bits per heavy atom. The van der Waals surface area contributed by atoms with E-state index in [2.05, 4.69) is 13.8 Å². The van der Waals surface area contributed by atoms with E-state index in [0.717, 1.165) is 12.0 Å². The van der Waals surface area contributed by atoms with E-state index >= 15 is 0 Å². The van der Waals surface area contributed by atoms with E-state index in [4.69, 9.17) is 9.84 Å². The van der Waals surface area contributed by atoms with Crippen molar-refractivity contribution >= 4 is 11.9 Å². The SMILES string of the molecule is CC(C)c1ccccc1OCC(=O)N1CCC[C@@H]1C(=O)O. The van der Waals surface area contributed by atoms with E-state index in [1.165, 1.54) is 4.90 Å². The number of nitrogens with zero attached hydrogens (tertiary/aromatic N) is 1. The number of carbonyl (C=O) groups excluding carboxylic acids is 1. The number of carboxylic acid groups (broad SMARTS) is 1. The maximum Gasteiger partial charge on any atom is 0.326 e. The highest BCUT2D eigenvalue weighted by atomic mass is 16.5. The highest BCUT2D eigenvalue weighted by Crippen LogP contribution is 2.26. The lowest BCUT2D eigenvalue weighted by molar-refractivity contribution is -0.148. The Morgan fingerprint density at radius 2 is 2.10 bits per heavy atom. The van der Waals surface area contributed by atoms with Gasteiger partial charge in [0, 0.05) is 6.54 Å². The van der Waals surface area contributed by atoms with E-state index in [-0.39, 0.29) is 12.5 Å². The van der Waals surface area contributed by atoms with Crippen molar-refractivity contribution in [2.24, 2.45) is 0 Å². The molecule has 1 fully saturated rings. The van der Waals surface area contributed by atoms with Crippen LogP contribution < -0.4 is 4.74 Å². The van der Waals surface area contributed by atoms with Gasteiger partial charge in [-0.2, -0.15) is 0 Å². The Hall–Kier alpha value is -2.04. The first-order valence-electron chi connectivity index (χ1n) is 7.24. The lowest BCUT2D eigenvalue weighted by Crippen LogP contribution is -2.42. The molecule has 1 aliphatic heterocycles. The summed E-state index contributed by atoms with van der Waals surface area (Å²) in [6.07, 6.45) is 1.24. The smallest absolute Gasteiger partial charge is 0.326 e. The van der Waals surface area contributed by atoms with Crippen molar-refractivity contribution in [3.63, 3.8) is 0 Å². The van der Waals surface area contributed by atoms with Crippen molar-refractivity contribution in [2.45, 2.75) is 38.6 Å². The molecule has 1 atom stereocenters. The first-order chi connectivity index (χ1) is 10.0. The first-order valence-corrected chi connectivity index (χ1v) is 7.24. The third kappa shape index (κ3) is 3.54. The monoisotopic (exact) mass is 291 g/mol. The maximum atomic E-state index is 12.2. The predicted octanol–water partition coefficient (Wildman–Crippen LogP) is 2.26. The standard InChI is InChI=1S/C16H21NO4/c1-11(2)12-6-3-4-8-14(12)21-10-15(18)17-9-5-7-13(17)16(19)20/h3-4,6,8,11,13H,5,7,9-10H2,1-2H3,(H,19,20)/t13-/m1/s1. The fraction of sp³-hybridized carbons (Fsp3) is 0.500. The summed E-state index contributed by atoms with van der Waals surface area (Å²) in [5, 5.41) is 9.10. The number of para-hydroxylation sites is 1. The van der Waals surface area contributed by atoms with Crippen molar-refractivity contribution in [3.05, 3.63) is 29.8 Å². The molecule has 0 unspecified atom stereocenters. The van der Waals surface area contributed by atoms with Crippen LogP contribution in [0.3, 0.4) is 0 Å². The van der Waals surface area contributed by atoms with Gasteiger partial charge in [-0.15, -0.1) is 0 Å². The number of carbonyl (C=O) groups is 2. The second-order valence-electron chi connectivity index (χ2n) is 5.56. The molecule has 2 rings (SSSR count). The highest BCUT2D eigenvalue weighted by Gasteiger charge is 2.34. The normalized spacial score (nSPS) is 18.0. The number of benzene rings is 1. The van der Waals surface area contributed by atoms with Gasteiger partial charge in [0.15, 0.2) is 6.61 Å². The summed E-state index contributed by atoms with van der Waals surface area (Å²) in [6.45, 7) is 4.49. The lowest BCUT2D eigenvalue weighted by Gasteiger charge is -2.22. The number of hydrogen-bond donors (Lipinski definition) is 1. The van der Waals surface area contributed by atoms with E-state index in [0.29, 0.717) is 24.6 Å². The second kappa shape index (κ2) is 6.61. The van der Waals surface area contributed by atoms with Gasteiger partial charge < -0.3 is 14.7 Å². The first kappa shape index (κ1) is 15.4. The molecule has 114 valence electrons. The molecule has 5 heteroatoms. The molecule has 5 nitrogen and oxygen atoms in total. The third-order valence-electron chi connectivity index (χ3n) is 3.75. The van der Waals surface area contributed by atoms with E-state index in [1.807, 2.05) is 24.3 Å². The van der Waals surface area contributed by atoms with Crippen molar-refractivity contribution in [2.75, 3.05) is 13.2 Å². The minimum Gasteiger partial charge on any atom is -0.483 e. The quantitative estimate of drug-likeness (QED) is 0.903. The molecule has 0 aliphatic carbocycles.